The van der Waals surface area contributed by atoms with E-state index in [0.717, 1.165) is 22.1 Å². The van der Waals surface area contributed by atoms with E-state index in [1.54, 1.807) is 0 Å². The van der Waals surface area contributed by atoms with Crippen LogP contribution < -0.4 is 5.32 Å². The zero-order valence-corrected chi connectivity index (χ0v) is 11.7. The van der Waals surface area contributed by atoms with Crippen LogP contribution in [-0.4, -0.2) is 11.5 Å². The van der Waals surface area contributed by atoms with Crippen molar-refractivity contribution in [3.63, 3.8) is 0 Å². The summed E-state index contributed by atoms with van der Waals surface area (Å²) in [6, 6.07) is 8.44. The maximum Gasteiger partial charge on any atom is 0.0856 e. The minimum Gasteiger partial charge on any atom is -0.382 e. The zero-order valence-electron chi connectivity index (χ0n) is 8.48. The Labute approximate surface area is 110 Å². The van der Waals surface area contributed by atoms with Gasteiger partial charge in [0.05, 0.1) is 14.8 Å². The van der Waals surface area contributed by atoms with Crippen molar-refractivity contribution in [3.05, 3.63) is 38.9 Å². The molecule has 2 N–H and O–H groups in total. The number of nitrogens with one attached hydrogen (secondary N) is 2. The first-order valence-electron chi connectivity index (χ1n) is 5.16. The summed E-state index contributed by atoms with van der Waals surface area (Å²) in [5.41, 5.74) is 4.91. The van der Waals surface area contributed by atoms with Gasteiger partial charge in [0, 0.05) is 17.4 Å². The van der Waals surface area contributed by atoms with E-state index in [2.05, 4.69) is 66.4 Å². The van der Waals surface area contributed by atoms with E-state index >= 15 is 0 Å². The van der Waals surface area contributed by atoms with E-state index < -0.39 is 0 Å². The van der Waals surface area contributed by atoms with Gasteiger partial charge in [-0.2, -0.15) is 0 Å². The molecule has 0 unspecified atom stereocenters. The lowest BCUT2D eigenvalue weighted by Crippen LogP contribution is -2.22. The van der Waals surface area contributed by atoms with Gasteiger partial charge in [0.15, 0.2) is 0 Å². The molecule has 0 amide bonds. The van der Waals surface area contributed by atoms with Crippen LogP contribution in [0.3, 0.4) is 0 Å². The first-order valence-corrected chi connectivity index (χ1v) is 6.75. The Bertz CT molecular complexity index is 580. The summed E-state index contributed by atoms with van der Waals surface area (Å²) >= 11 is 6.95. The number of H-pyrrole nitrogens is 1. The molecule has 1 aliphatic rings. The van der Waals surface area contributed by atoms with Crippen LogP contribution in [0, 0.1) is 0 Å². The fourth-order valence-electron chi connectivity index (χ4n) is 2.24. The predicted octanol–water partition coefficient (Wildman–Crippen LogP) is 3.73. The lowest BCUT2D eigenvalue weighted by atomic mass is 10.0. The molecule has 0 atom stereocenters. The highest BCUT2D eigenvalue weighted by Crippen LogP contribution is 2.33. The first-order chi connectivity index (χ1) is 7.77. The van der Waals surface area contributed by atoms with Crippen molar-refractivity contribution in [2.24, 2.45) is 0 Å². The van der Waals surface area contributed by atoms with Crippen molar-refractivity contribution in [3.8, 4) is 0 Å². The minimum atomic E-state index is 0.965. The third-order valence-electron chi connectivity index (χ3n) is 2.93. The standard InChI is InChI=1S/C12H10Br2N2/c13-12(14)11-10-8(5-6-15-11)7-3-1-2-4-9(7)16-10/h1-4,15-16H,5-6H2. The van der Waals surface area contributed by atoms with Gasteiger partial charge in [0.2, 0.25) is 0 Å². The number of para-hydroxylation sites is 1. The fourth-order valence-corrected chi connectivity index (χ4v) is 2.91. The van der Waals surface area contributed by atoms with Crippen LogP contribution in [0.2, 0.25) is 0 Å². The molecule has 0 saturated heterocycles. The van der Waals surface area contributed by atoms with Crippen molar-refractivity contribution in [1.29, 1.82) is 0 Å². The molecule has 0 bridgehead atoms. The lowest BCUT2D eigenvalue weighted by Gasteiger charge is -2.18. The Morgan fingerprint density at radius 3 is 2.81 bits per heavy atom. The predicted molar refractivity (Wildman–Crippen MR) is 74.8 cm³/mol. The van der Waals surface area contributed by atoms with E-state index in [1.165, 1.54) is 22.2 Å². The molecular formula is C12H10Br2N2. The third-order valence-corrected chi connectivity index (χ3v) is 3.72. The number of rotatable bonds is 0. The highest BCUT2D eigenvalue weighted by Gasteiger charge is 2.20. The SMILES string of the molecule is BrC(Br)=C1NCCc2c1[nH]c1ccccc21. The normalized spacial score (nSPS) is 14.8. The molecular weight excluding hydrogens is 332 g/mol. The monoisotopic (exact) mass is 340 g/mol. The first kappa shape index (κ1) is 10.4. The Hall–Kier alpha value is -0.740. The highest BCUT2D eigenvalue weighted by atomic mass is 79.9. The second-order valence-corrected chi connectivity index (χ2v) is 6.49. The molecule has 0 aliphatic carbocycles. The van der Waals surface area contributed by atoms with Crippen molar-refractivity contribution < 1.29 is 0 Å². The number of benzene rings is 1. The van der Waals surface area contributed by atoms with Crippen LogP contribution >= 0.6 is 31.9 Å². The molecule has 0 saturated carbocycles. The van der Waals surface area contributed by atoms with Gasteiger partial charge in [-0.25, -0.2) is 0 Å². The molecule has 1 aliphatic heterocycles. The molecule has 0 fully saturated rings. The molecule has 2 aromatic rings. The van der Waals surface area contributed by atoms with Crippen LogP contribution in [-0.2, 0) is 6.42 Å². The summed E-state index contributed by atoms with van der Waals surface area (Å²) in [6.07, 6.45) is 1.07. The maximum atomic E-state index is 3.48. The maximum absolute atomic E-state index is 3.48. The molecule has 0 spiro atoms. The quantitative estimate of drug-likeness (QED) is 0.750. The molecule has 2 heterocycles. The highest BCUT2D eigenvalue weighted by molar-refractivity contribution is 9.28. The Kier molecular flexibility index (Phi) is 2.56. The van der Waals surface area contributed by atoms with Crippen molar-refractivity contribution in [2.75, 3.05) is 6.54 Å². The van der Waals surface area contributed by atoms with Crippen LogP contribution in [0.15, 0.2) is 27.7 Å². The van der Waals surface area contributed by atoms with Gasteiger partial charge in [-0.15, -0.1) is 0 Å². The summed E-state index contributed by atoms with van der Waals surface area (Å²) in [4.78, 5) is 3.47. The number of hydrogen-bond donors (Lipinski definition) is 2. The third kappa shape index (κ3) is 1.52. The summed E-state index contributed by atoms with van der Waals surface area (Å²) in [5.74, 6) is 0. The second kappa shape index (κ2) is 3.93. The van der Waals surface area contributed by atoms with Crippen LogP contribution in [0.5, 0.6) is 0 Å². The van der Waals surface area contributed by atoms with E-state index in [0.29, 0.717) is 0 Å². The van der Waals surface area contributed by atoms with Gasteiger partial charge in [0.1, 0.15) is 0 Å². The number of fused-ring (bicyclic) bond motifs is 3. The average Bonchev–Trinajstić information content (AvgIpc) is 2.67. The summed E-state index contributed by atoms with van der Waals surface area (Å²) in [5, 5.41) is 4.72. The van der Waals surface area contributed by atoms with E-state index in [9.17, 15) is 0 Å². The molecule has 1 aromatic heterocycles. The molecule has 82 valence electrons. The number of aromatic amines is 1. The van der Waals surface area contributed by atoms with Gasteiger partial charge >= 0.3 is 0 Å². The average molecular weight is 342 g/mol. The molecule has 1 aromatic carbocycles. The fraction of sp³-hybridized carbons (Fsp3) is 0.167. The Balaban J connectivity index is 2.34. The molecule has 16 heavy (non-hydrogen) atoms. The zero-order chi connectivity index (χ0) is 11.1. The smallest absolute Gasteiger partial charge is 0.0856 e. The van der Waals surface area contributed by atoms with Crippen molar-refractivity contribution in [2.45, 2.75) is 6.42 Å². The second-order valence-electron chi connectivity index (χ2n) is 3.84. The van der Waals surface area contributed by atoms with Gasteiger partial charge in [0.25, 0.3) is 0 Å². The molecule has 4 heteroatoms. The van der Waals surface area contributed by atoms with Crippen LogP contribution in [0.4, 0.5) is 0 Å². The number of aromatic nitrogens is 1. The van der Waals surface area contributed by atoms with Crippen LogP contribution in [0.1, 0.15) is 11.3 Å². The number of hydrogen-bond acceptors (Lipinski definition) is 1. The Morgan fingerprint density at radius 2 is 2.00 bits per heavy atom. The lowest BCUT2D eigenvalue weighted by molar-refractivity contribution is 0.815. The topological polar surface area (TPSA) is 27.8 Å². The van der Waals surface area contributed by atoms with Crippen molar-refractivity contribution >= 4 is 48.5 Å². The Morgan fingerprint density at radius 1 is 1.19 bits per heavy atom. The number of halogens is 2. The van der Waals surface area contributed by atoms with E-state index in [1.807, 2.05) is 0 Å². The van der Waals surface area contributed by atoms with Gasteiger partial charge in [-0.05, 0) is 49.9 Å². The van der Waals surface area contributed by atoms with E-state index in [4.69, 9.17) is 0 Å². The van der Waals surface area contributed by atoms with Gasteiger partial charge in [-0.3, -0.25) is 0 Å². The molecule has 3 rings (SSSR count). The van der Waals surface area contributed by atoms with Gasteiger partial charge in [-0.1, -0.05) is 18.2 Å². The largest absolute Gasteiger partial charge is 0.382 e. The van der Waals surface area contributed by atoms with E-state index in [-0.39, 0.29) is 0 Å². The van der Waals surface area contributed by atoms with Crippen LogP contribution in [0.25, 0.3) is 16.6 Å². The minimum absolute atomic E-state index is 0.965. The summed E-state index contributed by atoms with van der Waals surface area (Å²) in [6.45, 7) is 0.977. The summed E-state index contributed by atoms with van der Waals surface area (Å²) < 4.78 is 0.965. The van der Waals surface area contributed by atoms with Crippen molar-refractivity contribution in [1.82, 2.24) is 10.3 Å². The molecule has 2 nitrogen and oxygen atoms in total. The molecule has 0 radical (unpaired) electrons. The van der Waals surface area contributed by atoms with Gasteiger partial charge < -0.3 is 10.3 Å². The summed E-state index contributed by atoms with van der Waals surface area (Å²) in [7, 11) is 0.